The Balaban J connectivity index is 2.57. The van der Waals surface area contributed by atoms with E-state index in [2.05, 4.69) is 17.3 Å². The fraction of sp³-hybridized carbons (Fsp3) is 0.700. The van der Waals surface area contributed by atoms with Crippen molar-refractivity contribution in [1.29, 1.82) is 0 Å². The van der Waals surface area contributed by atoms with Gasteiger partial charge in [0.1, 0.15) is 0 Å². The lowest BCUT2D eigenvalue weighted by atomic mass is 10.3. The van der Waals surface area contributed by atoms with Crippen molar-refractivity contribution >= 4 is 11.6 Å². The Morgan fingerprint density at radius 2 is 2.27 bits per heavy atom. The molecule has 1 rings (SSSR count). The Morgan fingerprint density at radius 1 is 1.60 bits per heavy atom. The molecule has 0 bridgehead atoms. The van der Waals surface area contributed by atoms with E-state index in [-0.39, 0.29) is 0 Å². The van der Waals surface area contributed by atoms with Crippen LogP contribution in [0.25, 0.3) is 0 Å². The summed E-state index contributed by atoms with van der Waals surface area (Å²) < 4.78 is 6.85. The van der Waals surface area contributed by atoms with Crippen LogP contribution in [-0.2, 0) is 18.3 Å². The van der Waals surface area contributed by atoms with Gasteiger partial charge in [0.15, 0.2) is 0 Å². The zero-order valence-corrected chi connectivity index (χ0v) is 10.4. The van der Waals surface area contributed by atoms with E-state index in [0.717, 1.165) is 16.4 Å². The molecule has 0 fully saturated rings. The number of aromatic nitrogens is 2. The first-order valence-corrected chi connectivity index (χ1v) is 5.34. The molecule has 0 amide bonds. The molecule has 0 aromatic carbocycles. The molecule has 0 saturated heterocycles. The van der Waals surface area contributed by atoms with Gasteiger partial charge in [-0.15, -0.1) is 0 Å². The SMILES string of the molecule is COCC(C)NCc1c(Cl)c(C)nn1C. The molecule has 0 aliphatic rings. The van der Waals surface area contributed by atoms with E-state index >= 15 is 0 Å². The van der Waals surface area contributed by atoms with Crippen LogP contribution in [0.5, 0.6) is 0 Å². The van der Waals surface area contributed by atoms with E-state index in [1.807, 2.05) is 18.7 Å². The third kappa shape index (κ3) is 3.19. The number of aryl methyl sites for hydroxylation is 2. The first-order valence-electron chi connectivity index (χ1n) is 4.96. The highest BCUT2D eigenvalue weighted by atomic mass is 35.5. The Bertz CT molecular complexity index is 325. The van der Waals surface area contributed by atoms with Crippen LogP contribution in [0.3, 0.4) is 0 Å². The lowest BCUT2D eigenvalue weighted by Crippen LogP contribution is -2.30. The highest BCUT2D eigenvalue weighted by Crippen LogP contribution is 2.18. The Hall–Kier alpha value is -0.580. The second-order valence-corrected chi connectivity index (χ2v) is 4.08. The van der Waals surface area contributed by atoms with Crippen molar-refractivity contribution in [3.8, 4) is 0 Å². The molecule has 0 aliphatic carbocycles. The quantitative estimate of drug-likeness (QED) is 0.835. The van der Waals surface area contributed by atoms with Crippen LogP contribution >= 0.6 is 11.6 Å². The summed E-state index contributed by atoms with van der Waals surface area (Å²) in [6.45, 7) is 5.38. The molecule has 5 heteroatoms. The summed E-state index contributed by atoms with van der Waals surface area (Å²) in [7, 11) is 3.59. The maximum Gasteiger partial charge on any atom is 0.0860 e. The molecular formula is C10H18ClN3O. The normalized spacial score (nSPS) is 13.1. The number of methoxy groups -OCH3 is 1. The molecule has 0 spiro atoms. The molecule has 0 saturated carbocycles. The molecule has 15 heavy (non-hydrogen) atoms. The Labute approximate surface area is 95.6 Å². The fourth-order valence-electron chi connectivity index (χ4n) is 1.45. The van der Waals surface area contributed by atoms with Gasteiger partial charge in [-0.25, -0.2) is 0 Å². The predicted molar refractivity (Wildman–Crippen MR) is 61.1 cm³/mol. The van der Waals surface area contributed by atoms with Gasteiger partial charge in [-0.3, -0.25) is 4.68 Å². The predicted octanol–water partition coefficient (Wildman–Crippen LogP) is 1.51. The van der Waals surface area contributed by atoms with Gasteiger partial charge in [-0.2, -0.15) is 5.10 Å². The smallest absolute Gasteiger partial charge is 0.0860 e. The van der Waals surface area contributed by atoms with Crippen molar-refractivity contribution in [2.45, 2.75) is 26.4 Å². The molecule has 0 aliphatic heterocycles. The summed E-state index contributed by atoms with van der Waals surface area (Å²) in [6.07, 6.45) is 0. The largest absolute Gasteiger partial charge is 0.383 e. The maximum absolute atomic E-state index is 6.12. The van der Waals surface area contributed by atoms with E-state index in [1.54, 1.807) is 7.11 Å². The molecule has 1 aromatic heterocycles. The highest BCUT2D eigenvalue weighted by molar-refractivity contribution is 6.31. The minimum atomic E-state index is 0.307. The van der Waals surface area contributed by atoms with E-state index < -0.39 is 0 Å². The fourth-order valence-corrected chi connectivity index (χ4v) is 1.68. The molecule has 1 unspecified atom stereocenters. The maximum atomic E-state index is 6.12. The van der Waals surface area contributed by atoms with E-state index in [9.17, 15) is 0 Å². The Kier molecular flexibility index (Phi) is 4.57. The zero-order chi connectivity index (χ0) is 11.4. The summed E-state index contributed by atoms with van der Waals surface area (Å²) in [6, 6.07) is 0.307. The van der Waals surface area contributed by atoms with Gasteiger partial charge in [0.2, 0.25) is 0 Å². The molecule has 0 radical (unpaired) electrons. The topological polar surface area (TPSA) is 39.1 Å². The highest BCUT2D eigenvalue weighted by Gasteiger charge is 2.11. The van der Waals surface area contributed by atoms with Crippen LogP contribution in [-0.4, -0.2) is 29.5 Å². The average molecular weight is 232 g/mol. The van der Waals surface area contributed by atoms with Crippen molar-refractivity contribution in [3.05, 3.63) is 16.4 Å². The van der Waals surface area contributed by atoms with Crippen LogP contribution in [0.2, 0.25) is 5.02 Å². The first-order chi connectivity index (χ1) is 7.06. The number of halogens is 1. The second kappa shape index (κ2) is 5.49. The number of ether oxygens (including phenoxy) is 1. The molecule has 4 nitrogen and oxygen atoms in total. The second-order valence-electron chi connectivity index (χ2n) is 3.71. The van der Waals surface area contributed by atoms with Crippen molar-refractivity contribution in [2.75, 3.05) is 13.7 Å². The standard InChI is InChI=1S/C10H18ClN3O/c1-7(6-15-4)12-5-9-10(11)8(2)13-14(9)3/h7,12H,5-6H2,1-4H3. The molecule has 1 aromatic rings. The zero-order valence-electron chi connectivity index (χ0n) is 9.67. The van der Waals surface area contributed by atoms with Crippen LogP contribution in [0.15, 0.2) is 0 Å². The average Bonchev–Trinajstić information content (AvgIpc) is 2.40. The number of hydrogen-bond acceptors (Lipinski definition) is 3. The number of nitrogens with zero attached hydrogens (tertiary/aromatic N) is 2. The number of rotatable bonds is 5. The van der Waals surface area contributed by atoms with Crippen LogP contribution in [0.1, 0.15) is 18.3 Å². The minimum absolute atomic E-state index is 0.307. The Morgan fingerprint density at radius 3 is 2.73 bits per heavy atom. The monoisotopic (exact) mass is 231 g/mol. The molecule has 1 atom stereocenters. The molecule has 1 N–H and O–H groups in total. The molecular weight excluding hydrogens is 214 g/mol. The summed E-state index contributed by atoms with van der Waals surface area (Å²) >= 11 is 6.12. The lowest BCUT2D eigenvalue weighted by molar-refractivity contribution is 0.171. The van der Waals surface area contributed by atoms with Crippen LogP contribution in [0.4, 0.5) is 0 Å². The van der Waals surface area contributed by atoms with Gasteiger partial charge in [0.05, 0.1) is 23.0 Å². The van der Waals surface area contributed by atoms with Crippen LogP contribution in [0, 0.1) is 6.92 Å². The summed E-state index contributed by atoms with van der Waals surface area (Å²) in [5.41, 5.74) is 1.88. The summed E-state index contributed by atoms with van der Waals surface area (Å²) in [4.78, 5) is 0. The van der Waals surface area contributed by atoms with Gasteiger partial charge in [0.25, 0.3) is 0 Å². The van der Waals surface area contributed by atoms with Crippen molar-refractivity contribution in [1.82, 2.24) is 15.1 Å². The first kappa shape index (κ1) is 12.5. The van der Waals surface area contributed by atoms with Crippen LogP contribution < -0.4 is 5.32 Å². The summed E-state index contributed by atoms with van der Waals surface area (Å²) in [5.74, 6) is 0. The van der Waals surface area contributed by atoms with Gasteiger partial charge >= 0.3 is 0 Å². The number of hydrogen-bond donors (Lipinski definition) is 1. The van der Waals surface area contributed by atoms with E-state index in [0.29, 0.717) is 19.2 Å². The van der Waals surface area contributed by atoms with Crippen molar-refractivity contribution in [3.63, 3.8) is 0 Å². The third-order valence-corrected chi connectivity index (χ3v) is 2.79. The van der Waals surface area contributed by atoms with Gasteiger partial charge in [-0.05, 0) is 13.8 Å². The molecule has 86 valence electrons. The molecule has 1 heterocycles. The third-order valence-electron chi connectivity index (χ3n) is 2.30. The lowest BCUT2D eigenvalue weighted by Gasteiger charge is -2.12. The van der Waals surface area contributed by atoms with Gasteiger partial charge < -0.3 is 10.1 Å². The van der Waals surface area contributed by atoms with Crippen molar-refractivity contribution < 1.29 is 4.74 Å². The van der Waals surface area contributed by atoms with E-state index in [1.165, 1.54) is 0 Å². The van der Waals surface area contributed by atoms with E-state index in [4.69, 9.17) is 16.3 Å². The summed E-state index contributed by atoms with van der Waals surface area (Å²) in [5, 5.41) is 8.32. The minimum Gasteiger partial charge on any atom is -0.383 e. The van der Waals surface area contributed by atoms with Crippen molar-refractivity contribution in [2.24, 2.45) is 7.05 Å². The van der Waals surface area contributed by atoms with Gasteiger partial charge in [0, 0.05) is 26.7 Å². The number of nitrogens with one attached hydrogen (secondary N) is 1. The van der Waals surface area contributed by atoms with Gasteiger partial charge in [-0.1, -0.05) is 11.6 Å².